The smallest absolute Gasteiger partial charge is 0.245 e. The van der Waals surface area contributed by atoms with E-state index in [0.717, 1.165) is 12.1 Å². The Morgan fingerprint density at radius 1 is 1.41 bits per heavy atom. The topological polar surface area (TPSA) is 62.3 Å². The number of thiazole rings is 1. The van der Waals surface area contributed by atoms with Crippen molar-refractivity contribution in [3.8, 4) is 0 Å². The predicted molar refractivity (Wildman–Crippen MR) is 91.0 cm³/mol. The molecular formula is C16H27N3O2S. The summed E-state index contributed by atoms with van der Waals surface area (Å²) in [4.78, 5) is 30.5. The predicted octanol–water partition coefficient (Wildman–Crippen LogP) is 3.45. The van der Waals surface area contributed by atoms with Crippen molar-refractivity contribution in [2.45, 2.75) is 60.4 Å². The third-order valence-corrected chi connectivity index (χ3v) is 4.18. The Morgan fingerprint density at radius 3 is 2.50 bits per heavy atom. The fraction of sp³-hybridized carbons (Fsp3) is 0.688. The number of carbonyl (C=O) groups excluding carboxylic acids is 2. The molecule has 22 heavy (non-hydrogen) atoms. The van der Waals surface area contributed by atoms with Gasteiger partial charge in [0.25, 0.3) is 0 Å². The summed E-state index contributed by atoms with van der Waals surface area (Å²) >= 11 is 1.39. The molecule has 1 aromatic rings. The Kier molecular flexibility index (Phi) is 6.53. The Bertz CT molecular complexity index is 520. The standard InChI is InChI=1S/C16H27N3O2S/c1-7-12(3)19(14(21)8-16(4,5)6)9-13(20)18-15-17-11(2)10-22-15/h10,12H,7-9H2,1-6H3,(H,17,18,20)/t12-/m1/s1. The molecule has 0 saturated heterocycles. The van der Waals surface area contributed by atoms with E-state index in [9.17, 15) is 9.59 Å². The van der Waals surface area contributed by atoms with Crippen LogP contribution in [0.5, 0.6) is 0 Å². The first-order valence-corrected chi connectivity index (χ1v) is 8.52. The zero-order valence-electron chi connectivity index (χ0n) is 14.4. The van der Waals surface area contributed by atoms with Gasteiger partial charge in [0, 0.05) is 17.8 Å². The van der Waals surface area contributed by atoms with Crippen LogP contribution in [0.2, 0.25) is 0 Å². The molecule has 0 fully saturated rings. The van der Waals surface area contributed by atoms with Crippen LogP contribution in [0.4, 0.5) is 5.13 Å². The van der Waals surface area contributed by atoms with E-state index in [1.165, 1.54) is 11.3 Å². The Labute approximate surface area is 137 Å². The van der Waals surface area contributed by atoms with Crippen molar-refractivity contribution in [1.82, 2.24) is 9.88 Å². The molecule has 1 aromatic heterocycles. The third-order valence-electron chi connectivity index (χ3n) is 3.30. The second-order valence-electron chi connectivity index (χ2n) is 6.86. The Hall–Kier alpha value is -1.43. The molecule has 0 aliphatic heterocycles. The quantitative estimate of drug-likeness (QED) is 0.871. The maximum atomic E-state index is 12.5. The molecule has 0 aliphatic rings. The van der Waals surface area contributed by atoms with Crippen molar-refractivity contribution in [3.63, 3.8) is 0 Å². The molecule has 0 aromatic carbocycles. The molecule has 0 aliphatic carbocycles. The van der Waals surface area contributed by atoms with Crippen LogP contribution in [0.1, 0.15) is 53.2 Å². The SMILES string of the molecule is CC[C@@H](C)N(CC(=O)Nc1nc(C)cs1)C(=O)CC(C)(C)C. The van der Waals surface area contributed by atoms with Gasteiger partial charge in [-0.1, -0.05) is 27.7 Å². The summed E-state index contributed by atoms with van der Waals surface area (Å²) in [5, 5.41) is 5.22. The minimum Gasteiger partial charge on any atom is -0.331 e. The van der Waals surface area contributed by atoms with Gasteiger partial charge >= 0.3 is 0 Å². The van der Waals surface area contributed by atoms with Gasteiger partial charge in [-0.05, 0) is 25.7 Å². The largest absolute Gasteiger partial charge is 0.331 e. The molecule has 0 unspecified atom stereocenters. The summed E-state index contributed by atoms with van der Waals surface area (Å²) in [6.07, 6.45) is 1.25. The van der Waals surface area contributed by atoms with E-state index in [2.05, 4.69) is 10.3 Å². The van der Waals surface area contributed by atoms with Crippen molar-refractivity contribution in [2.75, 3.05) is 11.9 Å². The van der Waals surface area contributed by atoms with Gasteiger partial charge in [-0.2, -0.15) is 0 Å². The summed E-state index contributed by atoms with van der Waals surface area (Å²) in [6.45, 7) is 12.0. The molecule has 0 spiro atoms. The summed E-state index contributed by atoms with van der Waals surface area (Å²) in [5.41, 5.74) is 0.786. The highest BCUT2D eigenvalue weighted by Crippen LogP contribution is 2.21. The molecule has 1 atom stereocenters. The average Bonchev–Trinajstić information content (AvgIpc) is 2.78. The molecule has 0 radical (unpaired) electrons. The van der Waals surface area contributed by atoms with Crippen LogP contribution in [0, 0.1) is 12.3 Å². The number of rotatable bonds is 6. The molecule has 6 heteroatoms. The fourth-order valence-corrected chi connectivity index (χ4v) is 2.69. The number of anilines is 1. The first-order valence-electron chi connectivity index (χ1n) is 7.64. The van der Waals surface area contributed by atoms with E-state index < -0.39 is 0 Å². The van der Waals surface area contributed by atoms with Gasteiger partial charge in [-0.15, -0.1) is 11.3 Å². The maximum Gasteiger partial charge on any atom is 0.245 e. The molecule has 1 rings (SSSR count). The minimum atomic E-state index is -0.197. The molecular weight excluding hydrogens is 298 g/mol. The maximum absolute atomic E-state index is 12.5. The number of aromatic nitrogens is 1. The summed E-state index contributed by atoms with van der Waals surface area (Å²) in [6, 6.07) is 0.0404. The number of nitrogens with zero attached hydrogens (tertiary/aromatic N) is 2. The van der Waals surface area contributed by atoms with E-state index in [-0.39, 0.29) is 29.8 Å². The first kappa shape index (κ1) is 18.6. The average molecular weight is 325 g/mol. The molecule has 2 amide bonds. The van der Waals surface area contributed by atoms with E-state index >= 15 is 0 Å². The Morgan fingerprint density at radius 2 is 2.05 bits per heavy atom. The second kappa shape index (κ2) is 7.72. The van der Waals surface area contributed by atoms with Crippen LogP contribution in [0.15, 0.2) is 5.38 Å². The fourth-order valence-electron chi connectivity index (χ4n) is 1.99. The highest BCUT2D eigenvalue weighted by molar-refractivity contribution is 7.13. The monoisotopic (exact) mass is 325 g/mol. The third kappa shape index (κ3) is 6.13. The van der Waals surface area contributed by atoms with Gasteiger partial charge in [-0.3, -0.25) is 9.59 Å². The first-order chi connectivity index (χ1) is 10.1. The zero-order chi connectivity index (χ0) is 16.9. The number of aryl methyl sites for hydroxylation is 1. The lowest BCUT2D eigenvalue weighted by molar-refractivity contribution is -0.138. The molecule has 1 heterocycles. The van der Waals surface area contributed by atoms with Crippen LogP contribution < -0.4 is 5.32 Å². The van der Waals surface area contributed by atoms with E-state index in [1.807, 2.05) is 46.9 Å². The van der Waals surface area contributed by atoms with Crippen LogP contribution in [-0.2, 0) is 9.59 Å². The van der Waals surface area contributed by atoms with Gasteiger partial charge in [-0.25, -0.2) is 4.98 Å². The van der Waals surface area contributed by atoms with Crippen LogP contribution in [-0.4, -0.2) is 34.3 Å². The van der Waals surface area contributed by atoms with Gasteiger partial charge in [0.2, 0.25) is 11.8 Å². The van der Waals surface area contributed by atoms with Crippen LogP contribution in [0.25, 0.3) is 0 Å². The molecule has 124 valence electrons. The molecule has 5 nitrogen and oxygen atoms in total. The molecule has 0 bridgehead atoms. The Balaban J connectivity index is 2.72. The minimum absolute atomic E-state index is 0.0207. The number of hydrogen-bond acceptors (Lipinski definition) is 4. The van der Waals surface area contributed by atoms with Gasteiger partial charge in [0.1, 0.15) is 6.54 Å². The summed E-state index contributed by atoms with van der Waals surface area (Å²) in [7, 11) is 0. The molecule has 1 N–H and O–H groups in total. The molecule has 0 saturated carbocycles. The van der Waals surface area contributed by atoms with Crippen LogP contribution in [0.3, 0.4) is 0 Å². The summed E-state index contributed by atoms with van der Waals surface area (Å²) < 4.78 is 0. The van der Waals surface area contributed by atoms with E-state index in [1.54, 1.807) is 4.90 Å². The van der Waals surface area contributed by atoms with Crippen molar-refractivity contribution in [1.29, 1.82) is 0 Å². The van der Waals surface area contributed by atoms with Crippen molar-refractivity contribution in [2.24, 2.45) is 5.41 Å². The number of nitrogens with one attached hydrogen (secondary N) is 1. The zero-order valence-corrected chi connectivity index (χ0v) is 15.2. The van der Waals surface area contributed by atoms with Crippen molar-refractivity contribution >= 4 is 28.3 Å². The lowest BCUT2D eigenvalue weighted by Crippen LogP contribution is -2.44. The van der Waals surface area contributed by atoms with Crippen molar-refractivity contribution in [3.05, 3.63) is 11.1 Å². The lowest BCUT2D eigenvalue weighted by atomic mass is 9.91. The van der Waals surface area contributed by atoms with Gasteiger partial charge in [0.15, 0.2) is 5.13 Å². The second-order valence-corrected chi connectivity index (χ2v) is 7.72. The highest BCUT2D eigenvalue weighted by Gasteiger charge is 2.26. The number of carbonyl (C=O) groups is 2. The van der Waals surface area contributed by atoms with Crippen LogP contribution >= 0.6 is 11.3 Å². The number of hydrogen-bond donors (Lipinski definition) is 1. The van der Waals surface area contributed by atoms with Gasteiger partial charge in [0.05, 0.1) is 5.69 Å². The van der Waals surface area contributed by atoms with Gasteiger partial charge < -0.3 is 10.2 Å². The highest BCUT2D eigenvalue weighted by atomic mass is 32.1. The summed E-state index contributed by atoms with van der Waals surface area (Å²) in [5.74, 6) is -0.177. The van der Waals surface area contributed by atoms with E-state index in [4.69, 9.17) is 0 Å². The lowest BCUT2D eigenvalue weighted by Gasteiger charge is -2.30. The van der Waals surface area contributed by atoms with E-state index in [0.29, 0.717) is 11.6 Å². The normalized spacial score (nSPS) is 12.8. The number of amides is 2. The van der Waals surface area contributed by atoms with Crippen molar-refractivity contribution < 1.29 is 9.59 Å².